The molecule has 0 saturated carbocycles. The molecule has 1 unspecified atom stereocenters. The van der Waals surface area contributed by atoms with Crippen molar-refractivity contribution in [1.29, 1.82) is 0 Å². The van der Waals surface area contributed by atoms with Crippen molar-refractivity contribution in [3.05, 3.63) is 39.9 Å². The zero-order valence-corrected chi connectivity index (χ0v) is 10.7. The fraction of sp³-hybridized carbons (Fsp3) is 0.417. The van der Waals surface area contributed by atoms with Crippen LogP contribution in [0.2, 0.25) is 0 Å². The molecule has 0 aliphatic heterocycles. The molecule has 0 fully saturated rings. The maximum atomic E-state index is 11.6. The first-order valence-corrected chi connectivity index (χ1v) is 5.79. The molecule has 1 rings (SSSR count). The number of nitro groups is 1. The first-order valence-electron chi connectivity index (χ1n) is 5.79. The molecule has 104 valence electrons. The number of carbonyl (C=O) groups excluding carboxylic acids is 1. The first-order chi connectivity index (χ1) is 9.06. The Balaban J connectivity index is 2.43. The number of hydrogen-bond donors (Lipinski definition) is 2. The van der Waals surface area contributed by atoms with E-state index in [0.717, 1.165) is 5.56 Å². The number of benzene rings is 1. The molecule has 1 amide bonds. The topological polar surface area (TPSA) is 107 Å². The minimum Gasteiger partial charge on any atom is -0.380 e. The number of non-ortho nitro benzene ring substituents is 1. The van der Waals surface area contributed by atoms with Gasteiger partial charge in [0.1, 0.15) is 0 Å². The number of hydrogen-bond acceptors (Lipinski definition) is 5. The summed E-state index contributed by atoms with van der Waals surface area (Å²) >= 11 is 0. The minimum absolute atomic E-state index is 0.0256. The maximum absolute atomic E-state index is 11.6. The quantitative estimate of drug-likeness (QED) is 0.555. The van der Waals surface area contributed by atoms with Crippen LogP contribution in [0.1, 0.15) is 12.0 Å². The average molecular weight is 267 g/mol. The van der Waals surface area contributed by atoms with Gasteiger partial charge in [-0.25, -0.2) is 0 Å². The molecule has 0 radical (unpaired) electrons. The third kappa shape index (κ3) is 5.02. The van der Waals surface area contributed by atoms with Gasteiger partial charge < -0.3 is 15.8 Å². The van der Waals surface area contributed by atoms with E-state index in [1.54, 1.807) is 12.1 Å². The van der Waals surface area contributed by atoms with Gasteiger partial charge in [-0.05, 0) is 5.56 Å². The molecule has 1 atom stereocenters. The van der Waals surface area contributed by atoms with Gasteiger partial charge in [0.25, 0.3) is 5.69 Å². The van der Waals surface area contributed by atoms with E-state index in [2.05, 4.69) is 5.32 Å². The Hall–Kier alpha value is -1.99. The number of nitrogens with two attached hydrogens (primary N) is 1. The number of methoxy groups -OCH3 is 1. The van der Waals surface area contributed by atoms with Gasteiger partial charge in [-0.3, -0.25) is 14.9 Å². The van der Waals surface area contributed by atoms with E-state index >= 15 is 0 Å². The number of amides is 1. The summed E-state index contributed by atoms with van der Waals surface area (Å²) < 4.78 is 5.00. The normalized spacial score (nSPS) is 11.9. The van der Waals surface area contributed by atoms with E-state index in [1.807, 2.05) is 0 Å². The standard InChI is InChI=1S/C12H17N3O4/c1-19-11(7-13)6-12(16)14-8-9-2-4-10(5-3-9)15(17)18/h2-5,11H,6-8,13H2,1H3,(H,14,16). The van der Waals surface area contributed by atoms with E-state index in [9.17, 15) is 14.9 Å². The van der Waals surface area contributed by atoms with Crippen LogP contribution in [-0.4, -0.2) is 30.6 Å². The Morgan fingerprint density at radius 3 is 2.58 bits per heavy atom. The van der Waals surface area contributed by atoms with Crippen LogP contribution in [0.5, 0.6) is 0 Å². The van der Waals surface area contributed by atoms with Crippen molar-refractivity contribution in [2.75, 3.05) is 13.7 Å². The lowest BCUT2D eigenvalue weighted by atomic mass is 10.2. The number of nitrogens with one attached hydrogen (secondary N) is 1. The number of ether oxygens (including phenoxy) is 1. The second-order valence-electron chi connectivity index (χ2n) is 4.00. The van der Waals surface area contributed by atoms with E-state index in [4.69, 9.17) is 10.5 Å². The summed E-state index contributed by atoms with van der Waals surface area (Å²) in [4.78, 5) is 21.6. The summed E-state index contributed by atoms with van der Waals surface area (Å²) in [6, 6.07) is 6.02. The van der Waals surface area contributed by atoms with Crippen LogP contribution in [0, 0.1) is 10.1 Å². The van der Waals surface area contributed by atoms with Gasteiger partial charge in [0, 0.05) is 32.3 Å². The number of nitrogens with zero attached hydrogens (tertiary/aromatic N) is 1. The zero-order chi connectivity index (χ0) is 14.3. The molecule has 19 heavy (non-hydrogen) atoms. The van der Waals surface area contributed by atoms with Crippen LogP contribution in [-0.2, 0) is 16.1 Å². The van der Waals surface area contributed by atoms with Gasteiger partial charge in [-0.1, -0.05) is 12.1 Å². The number of carbonyl (C=O) groups is 1. The van der Waals surface area contributed by atoms with Crippen molar-refractivity contribution >= 4 is 11.6 Å². The molecular weight excluding hydrogens is 250 g/mol. The molecule has 0 aliphatic carbocycles. The molecule has 7 nitrogen and oxygen atoms in total. The summed E-state index contributed by atoms with van der Waals surface area (Å²) in [5.41, 5.74) is 6.23. The molecule has 0 aliphatic rings. The zero-order valence-electron chi connectivity index (χ0n) is 10.7. The predicted molar refractivity (Wildman–Crippen MR) is 69.4 cm³/mol. The Morgan fingerprint density at radius 2 is 2.11 bits per heavy atom. The molecule has 0 bridgehead atoms. The Bertz CT molecular complexity index is 429. The molecule has 0 saturated heterocycles. The average Bonchev–Trinajstić information content (AvgIpc) is 2.43. The SMILES string of the molecule is COC(CN)CC(=O)NCc1ccc([N+](=O)[O-])cc1. The minimum atomic E-state index is -0.465. The number of rotatable bonds is 7. The third-order valence-electron chi connectivity index (χ3n) is 2.65. The van der Waals surface area contributed by atoms with Gasteiger partial charge >= 0.3 is 0 Å². The molecule has 7 heteroatoms. The Labute approximate surface area is 110 Å². The molecule has 1 aromatic rings. The lowest BCUT2D eigenvalue weighted by molar-refractivity contribution is -0.384. The fourth-order valence-electron chi connectivity index (χ4n) is 1.48. The highest BCUT2D eigenvalue weighted by atomic mass is 16.6. The Morgan fingerprint density at radius 1 is 1.47 bits per heavy atom. The van der Waals surface area contributed by atoms with Gasteiger partial charge in [0.05, 0.1) is 17.4 Å². The Kier molecular flexibility index (Phi) is 5.91. The second kappa shape index (κ2) is 7.45. The molecule has 0 aromatic heterocycles. The van der Waals surface area contributed by atoms with E-state index in [-0.39, 0.29) is 30.7 Å². The predicted octanol–water partition coefficient (Wildman–Crippen LogP) is 0.575. The third-order valence-corrected chi connectivity index (χ3v) is 2.65. The van der Waals surface area contributed by atoms with Gasteiger partial charge in [-0.15, -0.1) is 0 Å². The van der Waals surface area contributed by atoms with Crippen LogP contribution in [0.4, 0.5) is 5.69 Å². The molecule has 3 N–H and O–H groups in total. The van der Waals surface area contributed by atoms with Crippen molar-refractivity contribution in [3.8, 4) is 0 Å². The van der Waals surface area contributed by atoms with Gasteiger partial charge in [0.15, 0.2) is 0 Å². The van der Waals surface area contributed by atoms with Crippen LogP contribution in [0.3, 0.4) is 0 Å². The summed E-state index contributed by atoms with van der Waals surface area (Å²) in [5.74, 6) is -0.171. The van der Waals surface area contributed by atoms with Crippen LogP contribution < -0.4 is 11.1 Å². The summed E-state index contributed by atoms with van der Waals surface area (Å²) in [6.45, 7) is 0.597. The maximum Gasteiger partial charge on any atom is 0.269 e. The van der Waals surface area contributed by atoms with Crippen molar-refractivity contribution in [2.45, 2.75) is 19.1 Å². The lowest BCUT2D eigenvalue weighted by Crippen LogP contribution is -2.31. The summed E-state index contributed by atoms with van der Waals surface area (Å²) in [7, 11) is 1.50. The second-order valence-corrected chi connectivity index (χ2v) is 4.00. The van der Waals surface area contributed by atoms with Crippen LogP contribution in [0.15, 0.2) is 24.3 Å². The lowest BCUT2D eigenvalue weighted by Gasteiger charge is -2.12. The molecule has 0 spiro atoms. The van der Waals surface area contributed by atoms with Gasteiger partial charge in [-0.2, -0.15) is 0 Å². The first kappa shape index (κ1) is 15.1. The molecule has 1 aromatic carbocycles. The van der Waals surface area contributed by atoms with Gasteiger partial charge in [0.2, 0.25) is 5.91 Å². The smallest absolute Gasteiger partial charge is 0.269 e. The monoisotopic (exact) mass is 267 g/mol. The fourth-order valence-corrected chi connectivity index (χ4v) is 1.48. The highest BCUT2D eigenvalue weighted by molar-refractivity contribution is 5.76. The van der Waals surface area contributed by atoms with Crippen molar-refractivity contribution < 1.29 is 14.5 Å². The highest BCUT2D eigenvalue weighted by Crippen LogP contribution is 2.11. The van der Waals surface area contributed by atoms with E-state index in [0.29, 0.717) is 6.54 Å². The van der Waals surface area contributed by atoms with E-state index in [1.165, 1.54) is 19.2 Å². The van der Waals surface area contributed by atoms with Crippen LogP contribution >= 0.6 is 0 Å². The largest absolute Gasteiger partial charge is 0.380 e. The highest BCUT2D eigenvalue weighted by Gasteiger charge is 2.11. The number of nitro benzene ring substituents is 1. The van der Waals surface area contributed by atoms with Crippen molar-refractivity contribution in [1.82, 2.24) is 5.32 Å². The molecular formula is C12H17N3O4. The summed E-state index contributed by atoms with van der Waals surface area (Å²) in [6.07, 6.45) is -0.100. The summed E-state index contributed by atoms with van der Waals surface area (Å²) in [5, 5.41) is 13.2. The van der Waals surface area contributed by atoms with Crippen LogP contribution in [0.25, 0.3) is 0 Å². The van der Waals surface area contributed by atoms with Crippen molar-refractivity contribution in [2.24, 2.45) is 5.73 Å². The molecule has 0 heterocycles. The van der Waals surface area contributed by atoms with Crippen molar-refractivity contribution in [3.63, 3.8) is 0 Å². The van der Waals surface area contributed by atoms with E-state index < -0.39 is 4.92 Å².